The Morgan fingerprint density at radius 2 is 1.15 bits per heavy atom. The van der Waals surface area contributed by atoms with Crippen molar-refractivity contribution in [2.24, 2.45) is 5.11 Å². The Bertz CT molecular complexity index is 3020. The molecule has 0 saturated carbocycles. The molecule has 1 aliphatic heterocycles. The second-order valence-corrected chi connectivity index (χ2v) is 14.8. The predicted octanol–water partition coefficient (Wildman–Crippen LogP) is 13.5. The van der Waals surface area contributed by atoms with Crippen LogP contribution in [-0.2, 0) is 5.41 Å². The number of benzene rings is 9. The van der Waals surface area contributed by atoms with Crippen molar-refractivity contribution in [2.75, 3.05) is 0 Å². The van der Waals surface area contributed by atoms with Gasteiger partial charge in [-0.1, -0.05) is 162 Å². The fourth-order valence-electron chi connectivity index (χ4n) is 10.0. The molecule has 0 bridgehead atoms. The van der Waals surface area contributed by atoms with Crippen LogP contribution in [-0.4, -0.2) is 4.70 Å². The minimum Gasteiger partial charge on any atom is -0.0722 e. The van der Waals surface area contributed by atoms with Gasteiger partial charge in [0.1, 0.15) is 5.69 Å². The molecule has 1 heterocycles. The molecule has 1 atom stereocenters. The van der Waals surface area contributed by atoms with E-state index in [0.717, 1.165) is 11.4 Å². The van der Waals surface area contributed by atoms with E-state index in [4.69, 9.17) is 5.11 Å². The zero-order valence-electron chi connectivity index (χ0n) is 29.4. The smallest absolute Gasteiger partial charge is 0.0722 e. The molecule has 0 saturated heterocycles. The number of hydrogen-bond acceptors (Lipinski definition) is 1. The van der Waals surface area contributed by atoms with Gasteiger partial charge in [0, 0.05) is 22.8 Å². The number of azo groups is 2. The summed E-state index contributed by atoms with van der Waals surface area (Å²) in [5, 5.41) is 10.2. The molecule has 1 unspecified atom stereocenters. The van der Waals surface area contributed by atoms with E-state index in [1.807, 2.05) is 0 Å². The second kappa shape index (κ2) is 11.1. The van der Waals surface area contributed by atoms with E-state index in [0.29, 0.717) is 0 Å². The summed E-state index contributed by atoms with van der Waals surface area (Å²) in [4.78, 5) is 0. The normalized spacial score (nSPS) is 15.5. The average molecular weight is 686 g/mol. The highest BCUT2D eigenvalue weighted by Crippen LogP contribution is 2.65. The summed E-state index contributed by atoms with van der Waals surface area (Å²) in [6.45, 7) is 0. The van der Waals surface area contributed by atoms with E-state index in [-0.39, 0.29) is 6.04 Å². The molecule has 0 aromatic heterocycles. The molecule has 9 aromatic rings. The molecule has 54 heavy (non-hydrogen) atoms. The van der Waals surface area contributed by atoms with E-state index in [9.17, 15) is 0 Å². The van der Waals surface area contributed by atoms with Crippen LogP contribution in [0, 0.1) is 0 Å². The maximum Gasteiger partial charge on any atom is 0.237 e. The number of hydrogen-bond donors (Lipinski definition) is 0. The maximum absolute atomic E-state index is 5.09. The Morgan fingerprint density at radius 3 is 2.00 bits per heavy atom. The van der Waals surface area contributed by atoms with Crippen molar-refractivity contribution in [3.8, 4) is 33.4 Å². The summed E-state index contributed by atoms with van der Waals surface area (Å²) in [6.07, 6.45) is 0. The van der Waals surface area contributed by atoms with E-state index in [1.165, 1.54) is 88.3 Å². The number of rotatable bonds is 3. The van der Waals surface area contributed by atoms with Gasteiger partial charge in [0.15, 0.2) is 0 Å². The first-order chi connectivity index (χ1) is 26.8. The number of fused-ring (bicyclic) bond motifs is 15. The zero-order valence-corrected chi connectivity index (χ0v) is 29.4. The molecule has 0 fully saturated rings. The van der Waals surface area contributed by atoms with Crippen molar-refractivity contribution in [3.63, 3.8) is 0 Å². The molecule has 3 aliphatic rings. The second-order valence-electron chi connectivity index (χ2n) is 14.8. The van der Waals surface area contributed by atoms with E-state index < -0.39 is 5.41 Å². The first-order valence-corrected chi connectivity index (χ1v) is 18.8. The van der Waals surface area contributed by atoms with E-state index in [2.05, 4.69) is 199 Å². The van der Waals surface area contributed by atoms with Crippen molar-refractivity contribution in [1.29, 1.82) is 0 Å². The average Bonchev–Trinajstić information content (AvgIpc) is 3.88. The van der Waals surface area contributed by atoms with Crippen molar-refractivity contribution in [2.45, 2.75) is 11.5 Å². The Morgan fingerprint density at radius 1 is 0.444 bits per heavy atom. The molecule has 9 aromatic carbocycles. The van der Waals surface area contributed by atoms with Crippen LogP contribution >= 0.6 is 0 Å². The van der Waals surface area contributed by atoms with Crippen LogP contribution in [0.4, 0.5) is 11.4 Å². The molecule has 2 heteroatoms. The van der Waals surface area contributed by atoms with Crippen molar-refractivity contribution < 1.29 is 4.70 Å². The topological polar surface area (TPSA) is 15.4 Å². The quantitative estimate of drug-likeness (QED) is 0.165. The molecule has 250 valence electrons. The highest BCUT2D eigenvalue weighted by atomic mass is 15.3. The fraction of sp³-hybridized carbons (Fsp3) is 0.0385. The highest BCUT2D eigenvalue weighted by Gasteiger charge is 2.52. The fourth-order valence-corrected chi connectivity index (χ4v) is 10.0. The SMILES string of the molecule is c1ccc([N+]2=Nc3ccccc3C2c2cccc(-c3ccc4c5c(ccc4c3)-c3c(ccc4ccccc34)C53c4ccccc4-c4ccccc43)c2)cc1. The molecule has 0 amide bonds. The predicted molar refractivity (Wildman–Crippen MR) is 220 cm³/mol. The van der Waals surface area contributed by atoms with Gasteiger partial charge >= 0.3 is 0 Å². The minimum atomic E-state index is -0.414. The summed E-state index contributed by atoms with van der Waals surface area (Å²) in [6, 6.07) is 71.8. The van der Waals surface area contributed by atoms with Gasteiger partial charge in [-0.3, -0.25) is 0 Å². The van der Waals surface area contributed by atoms with Crippen LogP contribution in [0.15, 0.2) is 199 Å². The van der Waals surface area contributed by atoms with Crippen LogP contribution in [0.1, 0.15) is 39.4 Å². The van der Waals surface area contributed by atoms with Gasteiger partial charge in [-0.05, 0) is 101 Å². The highest BCUT2D eigenvalue weighted by molar-refractivity contribution is 6.11. The molecule has 12 rings (SSSR count). The third-order valence-electron chi connectivity index (χ3n) is 12.2. The van der Waals surface area contributed by atoms with Crippen molar-refractivity contribution >= 4 is 32.9 Å². The lowest BCUT2D eigenvalue weighted by molar-refractivity contribution is -0.536. The molecule has 0 N–H and O–H groups in total. The summed E-state index contributed by atoms with van der Waals surface area (Å²) in [7, 11) is 0. The largest absolute Gasteiger partial charge is 0.237 e. The van der Waals surface area contributed by atoms with Crippen molar-refractivity contribution in [3.05, 3.63) is 228 Å². The van der Waals surface area contributed by atoms with Crippen LogP contribution in [0.3, 0.4) is 0 Å². The summed E-state index contributed by atoms with van der Waals surface area (Å²) in [5.74, 6) is 0. The lowest BCUT2D eigenvalue weighted by atomic mass is 9.69. The first kappa shape index (κ1) is 29.7. The first-order valence-electron chi connectivity index (χ1n) is 18.8. The van der Waals surface area contributed by atoms with Gasteiger partial charge in [0.2, 0.25) is 11.7 Å². The molecular formula is C52H33N2+. The van der Waals surface area contributed by atoms with Gasteiger partial charge in [-0.25, -0.2) is 0 Å². The molecule has 2 aliphatic carbocycles. The Labute approximate surface area is 314 Å². The summed E-state index contributed by atoms with van der Waals surface area (Å²) >= 11 is 0. The zero-order chi connectivity index (χ0) is 35.4. The standard InChI is InChI=1S/C52H33N2/c1-2-16-38(17-3-1)54-51(43-21-8-11-24-48(43)53-54)37-15-12-14-34(32-37)35-25-28-40-36(31-35)26-29-44-49-39-18-5-4-13-33(39)27-30-47(49)52(50(40)44)45-22-9-6-19-41(45)42-20-7-10-23-46(42)52/h1-32,51H/q+1. The van der Waals surface area contributed by atoms with Gasteiger partial charge in [-0.15, -0.1) is 0 Å². The monoisotopic (exact) mass is 685 g/mol. The Kier molecular flexibility index (Phi) is 6.07. The van der Waals surface area contributed by atoms with Gasteiger partial charge in [0.05, 0.1) is 11.0 Å². The van der Waals surface area contributed by atoms with Crippen LogP contribution in [0.2, 0.25) is 0 Å². The molecular weight excluding hydrogens is 653 g/mol. The van der Waals surface area contributed by atoms with E-state index in [1.54, 1.807) is 0 Å². The molecule has 0 radical (unpaired) electrons. The van der Waals surface area contributed by atoms with Crippen LogP contribution in [0.5, 0.6) is 0 Å². The summed E-state index contributed by atoms with van der Waals surface area (Å²) in [5.41, 5.74) is 17.4. The lowest BCUT2D eigenvalue weighted by Crippen LogP contribution is -2.26. The summed E-state index contributed by atoms with van der Waals surface area (Å²) < 4.78 is 2.17. The lowest BCUT2D eigenvalue weighted by Gasteiger charge is -2.31. The Balaban J connectivity index is 1.07. The Hall–Kier alpha value is -6.90. The van der Waals surface area contributed by atoms with Gasteiger partial charge in [0.25, 0.3) is 0 Å². The number of para-hydroxylation sites is 1. The molecule has 2 nitrogen and oxygen atoms in total. The maximum atomic E-state index is 5.09. The minimum absolute atomic E-state index is 0.0111. The van der Waals surface area contributed by atoms with Crippen molar-refractivity contribution in [1.82, 2.24) is 0 Å². The number of nitrogens with zero attached hydrogens (tertiary/aromatic N) is 2. The third-order valence-corrected chi connectivity index (χ3v) is 12.2. The van der Waals surface area contributed by atoms with Crippen LogP contribution in [0.25, 0.3) is 54.9 Å². The van der Waals surface area contributed by atoms with Gasteiger partial charge < -0.3 is 0 Å². The van der Waals surface area contributed by atoms with Gasteiger partial charge in [-0.2, -0.15) is 0 Å². The van der Waals surface area contributed by atoms with E-state index >= 15 is 0 Å². The molecule has 1 spiro atoms. The third kappa shape index (κ3) is 3.89. The van der Waals surface area contributed by atoms with Crippen LogP contribution < -0.4 is 0 Å².